The standard InChI is InChI=1S/C19H35N5O7S2/c1-33-9-7-11(21)16(27)24-14(10-32)18(29)22-12(5-6-15(25)26)17(28)23-13(19(30)31)4-2-3-8-20/h11-14,32H,2-10,20-21H2,1H3,(H,22,29)(H,23,28)(H,24,27)(H,25,26)(H,30,31). The molecule has 9 N–H and O–H groups in total. The minimum atomic E-state index is -1.32. The largest absolute Gasteiger partial charge is 0.481 e. The minimum Gasteiger partial charge on any atom is -0.481 e. The fourth-order valence-electron chi connectivity index (χ4n) is 2.68. The van der Waals surface area contributed by atoms with E-state index in [1.165, 1.54) is 11.8 Å². The van der Waals surface area contributed by atoms with Gasteiger partial charge in [0.15, 0.2) is 0 Å². The molecule has 0 aliphatic rings. The molecule has 0 aromatic rings. The highest BCUT2D eigenvalue weighted by Crippen LogP contribution is 2.05. The molecule has 0 heterocycles. The summed E-state index contributed by atoms with van der Waals surface area (Å²) in [6, 6.07) is -4.50. The summed E-state index contributed by atoms with van der Waals surface area (Å²) in [6.07, 6.45) is 2.71. The van der Waals surface area contributed by atoms with Crippen LogP contribution in [0.4, 0.5) is 0 Å². The smallest absolute Gasteiger partial charge is 0.326 e. The first-order valence-electron chi connectivity index (χ1n) is 10.5. The van der Waals surface area contributed by atoms with Gasteiger partial charge < -0.3 is 37.6 Å². The normalized spacial score (nSPS) is 14.4. The molecule has 0 saturated carbocycles. The summed E-state index contributed by atoms with van der Waals surface area (Å²) < 4.78 is 0. The number of unbranched alkanes of at least 4 members (excludes halogenated alkanes) is 1. The van der Waals surface area contributed by atoms with Gasteiger partial charge in [-0.2, -0.15) is 24.4 Å². The van der Waals surface area contributed by atoms with Gasteiger partial charge in [0.25, 0.3) is 0 Å². The van der Waals surface area contributed by atoms with E-state index in [9.17, 15) is 29.1 Å². The highest BCUT2D eigenvalue weighted by molar-refractivity contribution is 7.98. The van der Waals surface area contributed by atoms with Gasteiger partial charge in [-0.25, -0.2) is 4.79 Å². The Morgan fingerprint density at radius 2 is 1.45 bits per heavy atom. The van der Waals surface area contributed by atoms with Crippen LogP contribution in [0.2, 0.25) is 0 Å². The summed E-state index contributed by atoms with van der Waals surface area (Å²) in [5, 5.41) is 25.5. The summed E-state index contributed by atoms with van der Waals surface area (Å²) in [6.45, 7) is 0.370. The summed E-state index contributed by atoms with van der Waals surface area (Å²) in [5.41, 5.74) is 11.2. The van der Waals surface area contributed by atoms with Gasteiger partial charge in [0.2, 0.25) is 17.7 Å². The van der Waals surface area contributed by atoms with E-state index in [2.05, 4.69) is 28.6 Å². The second-order valence-corrected chi connectivity index (χ2v) is 8.66. The van der Waals surface area contributed by atoms with Gasteiger partial charge in [-0.1, -0.05) is 0 Å². The number of thioether (sulfide) groups is 1. The molecule has 3 amide bonds. The molecule has 14 heteroatoms. The number of hydrogen-bond acceptors (Lipinski definition) is 9. The van der Waals surface area contributed by atoms with Crippen molar-refractivity contribution >= 4 is 54.1 Å². The molecule has 4 unspecified atom stereocenters. The molecular weight excluding hydrogens is 474 g/mol. The van der Waals surface area contributed by atoms with Gasteiger partial charge >= 0.3 is 11.9 Å². The van der Waals surface area contributed by atoms with Gasteiger partial charge in [0, 0.05) is 12.2 Å². The number of thiol groups is 1. The third-order valence-corrected chi connectivity index (χ3v) is 5.64. The molecule has 0 aromatic heterocycles. The number of carboxylic acid groups (broad SMARTS) is 2. The second-order valence-electron chi connectivity index (χ2n) is 7.31. The summed E-state index contributed by atoms with van der Waals surface area (Å²) >= 11 is 5.57. The Morgan fingerprint density at radius 3 is 1.97 bits per heavy atom. The first-order chi connectivity index (χ1) is 15.6. The van der Waals surface area contributed by atoms with E-state index >= 15 is 0 Å². The van der Waals surface area contributed by atoms with Crippen molar-refractivity contribution in [2.45, 2.75) is 62.7 Å². The molecule has 0 fully saturated rings. The Balaban J connectivity index is 5.25. The zero-order valence-corrected chi connectivity index (χ0v) is 20.3. The molecule has 0 radical (unpaired) electrons. The molecule has 190 valence electrons. The predicted octanol–water partition coefficient (Wildman–Crippen LogP) is -1.47. The van der Waals surface area contributed by atoms with Crippen LogP contribution in [0.5, 0.6) is 0 Å². The summed E-state index contributed by atoms with van der Waals surface area (Å²) in [5.74, 6) is -4.07. The van der Waals surface area contributed by atoms with E-state index < -0.39 is 60.2 Å². The third-order valence-electron chi connectivity index (χ3n) is 4.63. The molecule has 0 aromatic carbocycles. The maximum absolute atomic E-state index is 12.7. The number of nitrogens with one attached hydrogen (secondary N) is 3. The zero-order valence-electron chi connectivity index (χ0n) is 18.6. The number of nitrogens with two attached hydrogens (primary N) is 2. The van der Waals surface area contributed by atoms with Crippen molar-refractivity contribution in [3.8, 4) is 0 Å². The van der Waals surface area contributed by atoms with Gasteiger partial charge in [0.05, 0.1) is 6.04 Å². The number of carbonyl (C=O) groups excluding carboxylic acids is 3. The maximum atomic E-state index is 12.7. The number of amides is 3. The molecule has 12 nitrogen and oxygen atoms in total. The lowest BCUT2D eigenvalue weighted by atomic mass is 10.1. The van der Waals surface area contributed by atoms with E-state index in [0.717, 1.165) is 0 Å². The second kappa shape index (κ2) is 17.4. The molecule has 0 rings (SSSR count). The van der Waals surface area contributed by atoms with Crippen LogP contribution in [0.1, 0.15) is 38.5 Å². The fourth-order valence-corrected chi connectivity index (χ4v) is 3.43. The number of rotatable bonds is 18. The third kappa shape index (κ3) is 13.3. The quantitative estimate of drug-likeness (QED) is 0.0793. The Labute approximate surface area is 202 Å². The lowest BCUT2D eigenvalue weighted by Crippen LogP contribution is -2.57. The van der Waals surface area contributed by atoms with Crippen LogP contribution in [0, 0.1) is 0 Å². The van der Waals surface area contributed by atoms with Crippen molar-refractivity contribution in [2.24, 2.45) is 11.5 Å². The van der Waals surface area contributed by atoms with Gasteiger partial charge in [0.1, 0.15) is 18.1 Å². The Kier molecular flexibility index (Phi) is 16.4. The van der Waals surface area contributed by atoms with Crippen LogP contribution in [-0.2, 0) is 24.0 Å². The first-order valence-corrected chi connectivity index (χ1v) is 12.5. The minimum absolute atomic E-state index is 0.100. The van der Waals surface area contributed by atoms with Crippen molar-refractivity contribution in [3.63, 3.8) is 0 Å². The highest BCUT2D eigenvalue weighted by atomic mass is 32.2. The van der Waals surface area contributed by atoms with Crippen LogP contribution >= 0.6 is 24.4 Å². The molecule has 0 spiro atoms. The fraction of sp³-hybridized carbons (Fsp3) is 0.737. The monoisotopic (exact) mass is 509 g/mol. The van der Waals surface area contributed by atoms with Crippen molar-refractivity contribution in [2.75, 3.05) is 24.3 Å². The average molecular weight is 510 g/mol. The van der Waals surface area contributed by atoms with E-state index in [0.29, 0.717) is 31.6 Å². The molecule has 0 bridgehead atoms. The van der Waals surface area contributed by atoms with Crippen molar-refractivity contribution in [1.82, 2.24) is 16.0 Å². The van der Waals surface area contributed by atoms with Crippen LogP contribution in [0.3, 0.4) is 0 Å². The van der Waals surface area contributed by atoms with Crippen LogP contribution < -0.4 is 27.4 Å². The number of carboxylic acids is 2. The lowest BCUT2D eigenvalue weighted by Gasteiger charge is -2.24. The predicted molar refractivity (Wildman–Crippen MR) is 128 cm³/mol. The molecular formula is C19H35N5O7S2. The summed E-state index contributed by atoms with van der Waals surface area (Å²) in [7, 11) is 0. The maximum Gasteiger partial charge on any atom is 0.326 e. The van der Waals surface area contributed by atoms with E-state index in [4.69, 9.17) is 16.6 Å². The number of hydrogen-bond donors (Lipinski definition) is 8. The number of aliphatic carboxylic acids is 2. The molecule has 4 atom stereocenters. The van der Waals surface area contributed by atoms with E-state index in [-0.39, 0.29) is 18.6 Å². The highest BCUT2D eigenvalue weighted by Gasteiger charge is 2.30. The zero-order chi connectivity index (χ0) is 25.4. The Morgan fingerprint density at radius 1 is 0.879 bits per heavy atom. The molecule has 33 heavy (non-hydrogen) atoms. The van der Waals surface area contributed by atoms with Crippen molar-refractivity contribution in [3.05, 3.63) is 0 Å². The summed E-state index contributed by atoms with van der Waals surface area (Å²) in [4.78, 5) is 60.0. The van der Waals surface area contributed by atoms with Crippen LogP contribution in [-0.4, -0.2) is 88.3 Å². The van der Waals surface area contributed by atoms with E-state index in [1.807, 2.05) is 6.26 Å². The van der Waals surface area contributed by atoms with Crippen LogP contribution in [0.15, 0.2) is 0 Å². The Hall–Kier alpha value is -2.03. The van der Waals surface area contributed by atoms with Gasteiger partial charge in [-0.15, -0.1) is 0 Å². The van der Waals surface area contributed by atoms with Crippen LogP contribution in [0.25, 0.3) is 0 Å². The SMILES string of the molecule is CSCCC(N)C(=O)NC(CS)C(=O)NC(CCC(=O)O)C(=O)NC(CCCCN)C(=O)O. The van der Waals surface area contributed by atoms with Gasteiger partial charge in [-0.05, 0) is 50.7 Å². The van der Waals surface area contributed by atoms with Gasteiger partial charge in [-0.3, -0.25) is 19.2 Å². The van der Waals surface area contributed by atoms with Crippen molar-refractivity contribution in [1.29, 1.82) is 0 Å². The average Bonchev–Trinajstić information content (AvgIpc) is 2.76. The first kappa shape index (κ1) is 31.0. The lowest BCUT2D eigenvalue weighted by molar-refractivity contribution is -0.143. The Bertz CT molecular complexity index is 668. The molecule has 0 saturated heterocycles. The number of carbonyl (C=O) groups is 5. The molecule has 0 aliphatic carbocycles. The van der Waals surface area contributed by atoms with Crippen molar-refractivity contribution < 1.29 is 34.2 Å². The molecule has 0 aliphatic heterocycles. The van der Waals surface area contributed by atoms with E-state index in [1.54, 1.807) is 0 Å². The topological polar surface area (TPSA) is 214 Å².